The number of carboxylic acid groups (broad SMARTS) is 1. The highest BCUT2D eigenvalue weighted by molar-refractivity contribution is 5.68. The monoisotopic (exact) mass is 385 g/mol. The molecule has 0 aromatic heterocycles. The first-order chi connectivity index (χ1) is 13.2. The average Bonchev–Trinajstić information content (AvgIpc) is 2.62. The maximum atomic E-state index is 15.0. The van der Waals surface area contributed by atoms with Gasteiger partial charge in [-0.25, -0.2) is 9.18 Å². The van der Waals surface area contributed by atoms with E-state index in [1.807, 2.05) is 44.2 Å². The Hall–Kier alpha value is -2.56. The number of hydrogen-bond donors (Lipinski definition) is 2. The van der Waals surface area contributed by atoms with Crippen LogP contribution in [0.3, 0.4) is 0 Å². The van der Waals surface area contributed by atoms with Crippen molar-refractivity contribution in [2.24, 2.45) is 11.3 Å². The molecule has 1 aliphatic rings. The van der Waals surface area contributed by atoms with E-state index >= 15 is 0 Å². The lowest BCUT2D eigenvalue weighted by Crippen LogP contribution is -2.40. The second-order valence-electron chi connectivity index (χ2n) is 8.63. The Balaban J connectivity index is 1.92. The van der Waals surface area contributed by atoms with Crippen LogP contribution < -0.4 is 10.1 Å². The third-order valence-electron chi connectivity index (χ3n) is 5.38. The highest BCUT2D eigenvalue weighted by Crippen LogP contribution is 2.45. The normalized spacial score (nSPS) is 17.9. The van der Waals surface area contributed by atoms with Gasteiger partial charge in [-0.05, 0) is 65.1 Å². The summed E-state index contributed by atoms with van der Waals surface area (Å²) in [4.78, 5) is 11.2. The Labute approximate surface area is 165 Å². The quantitative estimate of drug-likeness (QED) is 0.683. The van der Waals surface area contributed by atoms with Crippen LogP contribution in [-0.2, 0) is 6.42 Å². The number of halogens is 1. The minimum Gasteiger partial charge on any atom is -0.493 e. The highest BCUT2D eigenvalue weighted by atomic mass is 19.1. The molecule has 2 aromatic rings. The lowest BCUT2D eigenvalue weighted by atomic mass is 9.70. The van der Waals surface area contributed by atoms with Crippen LogP contribution in [0.4, 0.5) is 9.18 Å². The first kappa shape index (κ1) is 20.2. The Morgan fingerprint density at radius 2 is 1.96 bits per heavy atom. The topological polar surface area (TPSA) is 58.6 Å². The molecule has 0 saturated carbocycles. The van der Waals surface area contributed by atoms with E-state index in [-0.39, 0.29) is 11.2 Å². The number of ether oxygens (including phenoxy) is 1. The summed E-state index contributed by atoms with van der Waals surface area (Å²) in [5.74, 6) is 0.863. The van der Waals surface area contributed by atoms with Gasteiger partial charge in [0, 0.05) is 5.56 Å². The van der Waals surface area contributed by atoms with Crippen molar-refractivity contribution in [3.05, 3.63) is 53.3 Å². The van der Waals surface area contributed by atoms with Gasteiger partial charge in [0.15, 0.2) is 0 Å². The molecule has 1 aliphatic carbocycles. The zero-order valence-corrected chi connectivity index (χ0v) is 16.9. The minimum absolute atomic E-state index is 0.269. The molecule has 2 N–H and O–H groups in total. The molecule has 0 spiro atoms. The molecule has 5 heteroatoms. The lowest BCUT2D eigenvalue weighted by molar-refractivity contribution is 0.161. The molecule has 0 bridgehead atoms. The molecule has 0 unspecified atom stereocenters. The van der Waals surface area contributed by atoms with Crippen LogP contribution in [0.2, 0.25) is 0 Å². The van der Waals surface area contributed by atoms with Crippen LogP contribution in [0.15, 0.2) is 36.4 Å². The van der Waals surface area contributed by atoms with E-state index < -0.39 is 12.1 Å². The standard InChI is InChI=1S/C23H28FNO3/c1-14(2)13-28-17-7-5-15(6-8-17)18-11-16-9-10-23(3,4)21(25-22(26)27)19(16)12-20(18)24/h5-8,11-12,14,21,25H,9-10,13H2,1-4H3,(H,26,27)/t21-/m0/s1. The first-order valence-corrected chi connectivity index (χ1v) is 9.72. The second-order valence-corrected chi connectivity index (χ2v) is 8.63. The van der Waals surface area contributed by atoms with Crippen molar-refractivity contribution < 1.29 is 19.0 Å². The van der Waals surface area contributed by atoms with Crippen molar-refractivity contribution >= 4 is 6.09 Å². The first-order valence-electron chi connectivity index (χ1n) is 9.72. The van der Waals surface area contributed by atoms with Crippen molar-refractivity contribution in [1.29, 1.82) is 0 Å². The molecule has 4 nitrogen and oxygen atoms in total. The van der Waals surface area contributed by atoms with Crippen LogP contribution >= 0.6 is 0 Å². The molecular weight excluding hydrogens is 357 g/mol. The highest BCUT2D eigenvalue weighted by Gasteiger charge is 2.37. The second kappa shape index (κ2) is 7.82. The Bertz CT molecular complexity index is 859. The summed E-state index contributed by atoms with van der Waals surface area (Å²) in [6.07, 6.45) is 0.536. The number of rotatable bonds is 5. The molecule has 1 amide bonds. The molecule has 1 atom stereocenters. The zero-order valence-electron chi connectivity index (χ0n) is 16.9. The van der Waals surface area contributed by atoms with Crippen LogP contribution in [0.1, 0.15) is 51.3 Å². The molecule has 2 aromatic carbocycles. The third-order valence-corrected chi connectivity index (χ3v) is 5.38. The van der Waals surface area contributed by atoms with Crippen molar-refractivity contribution in [2.75, 3.05) is 6.61 Å². The number of aryl methyl sites for hydroxylation is 1. The van der Waals surface area contributed by atoms with Crippen LogP contribution in [0, 0.1) is 17.2 Å². The SMILES string of the molecule is CC(C)COc1ccc(-c2cc3c(cc2F)[C@H](NC(=O)O)C(C)(C)CC3)cc1. The maximum absolute atomic E-state index is 15.0. The van der Waals surface area contributed by atoms with E-state index in [2.05, 4.69) is 19.2 Å². The van der Waals surface area contributed by atoms with Crippen molar-refractivity contribution in [3.8, 4) is 16.9 Å². The molecule has 0 heterocycles. The van der Waals surface area contributed by atoms with E-state index in [0.29, 0.717) is 18.1 Å². The van der Waals surface area contributed by atoms with Gasteiger partial charge in [0.2, 0.25) is 0 Å². The van der Waals surface area contributed by atoms with Crippen molar-refractivity contribution in [3.63, 3.8) is 0 Å². The van der Waals surface area contributed by atoms with Gasteiger partial charge < -0.3 is 15.2 Å². The largest absolute Gasteiger partial charge is 0.493 e. The van der Waals surface area contributed by atoms with Gasteiger partial charge in [-0.3, -0.25) is 0 Å². The van der Waals surface area contributed by atoms with Gasteiger partial charge in [0.25, 0.3) is 0 Å². The van der Waals surface area contributed by atoms with E-state index in [0.717, 1.165) is 35.3 Å². The number of nitrogens with one attached hydrogen (secondary N) is 1. The fourth-order valence-electron chi connectivity index (χ4n) is 3.75. The fraction of sp³-hybridized carbons (Fsp3) is 0.435. The van der Waals surface area contributed by atoms with Crippen LogP contribution in [0.5, 0.6) is 5.75 Å². The summed E-state index contributed by atoms with van der Waals surface area (Å²) in [5.41, 5.74) is 2.77. The van der Waals surface area contributed by atoms with Crippen LogP contribution in [-0.4, -0.2) is 17.8 Å². The summed E-state index contributed by atoms with van der Waals surface area (Å²) >= 11 is 0. The van der Waals surface area contributed by atoms with Gasteiger partial charge in [-0.1, -0.05) is 39.8 Å². The Morgan fingerprint density at radius 3 is 2.57 bits per heavy atom. The van der Waals surface area contributed by atoms with Gasteiger partial charge in [0.1, 0.15) is 11.6 Å². The lowest BCUT2D eigenvalue weighted by Gasteiger charge is -2.40. The van der Waals surface area contributed by atoms with Gasteiger partial charge in [-0.2, -0.15) is 0 Å². The van der Waals surface area contributed by atoms with E-state index in [1.54, 1.807) is 0 Å². The fourth-order valence-corrected chi connectivity index (χ4v) is 3.75. The molecule has 0 fully saturated rings. The summed E-state index contributed by atoms with van der Waals surface area (Å²) in [6.45, 7) is 8.84. The van der Waals surface area contributed by atoms with Crippen molar-refractivity contribution in [1.82, 2.24) is 5.32 Å². The predicted octanol–water partition coefficient (Wildman–Crippen LogP) is 5.81. The summed E-state index contributed by atoms with van der Waals surface area (Å²) in [6, 6.07) is 10.4. The smallest absolute Gasteiger partial charge is 0.405 e. The maximum Gasteiger partial charge on any atom is 0.405 e. The minimum atomic E-state index is -1.09. The van der Waals surface area contributed by atoms with E-state index in [9.17, 15) is 14.3 Å². The van der Waals surface area contributed by atoms with Gasteiger partial charge >= 0.3 is 6.09 Å². The molecule has 28 heavy (non-hydrogen) atoms. The van der Waals surface area contributed by atoms with Gasteiger partial charge in [0.05, 0.1) is 12.6 Å². The predicted molar refractivity (Wildman–Crippen MR) is 108 cm³/mol. The van der Waals surface area contributed by atoms with Crippen LogP contribution in [0.25, 0.3) is 11.1 Å². The van der Waals surface area contributed by atoms with Crippen molar-refractivity contribution in [2.45, 2.75) is 46.6 Å². The van der Waals surface area contributed by atoms with Gasteiger partial charge in [-0.15, -0.1) is 0 Å². The number of benzene rings is 2. The van der Waals surface area contributed by atoms with E-state index in [4.69, 9.17) is 4.74 Å². The number of fused-ring (bicyclic) bond motifs is 1. The Morgan fingerprint density at radius 1 is 1.29 bits per heavy atom. The Kier molecular flexibility index (Phi) is 5.64. The molecule has 150 valence electrons. The molecular formula is C23H28FNO3. The molecule has 0 radical (unpaired) electrons. The average molecular weight is 385 g/mol. The summed E-state index contributed by atoms with van der Waals surface area (Å²) in [5, 5.41) is 11.8. The number of amides is 1. The van der Waals surface area contributed by atoms with E-state index in [1.165, 1.54) is 6.07 Å². The summed E-state index contributed by atoms with van der Waals surface area (Å²) in [7, 11) is 0. The summed E-state index contributed by atoms with van der Waals surface area (Å²) < 4.78 is 20.7. The molecule has 3 rings (SSSR count). The third kappa shape index (κ3) is 4.29. The number of hydrogen-bond acceptors (Lipinski definition) is 2. The zero-order chi connectivity index (χ0) is 20.5. The molecule has 0 saturated heterocycles. The number of carbonyl (C=O) groups is 1. The molecule has 0 aliphatic heterocycles.